The molecule has 2 N–H and O–H groups in total. The molecule has 0 aromatic heterocycles. The number of carbonyl (C=O) groups excluding carboxylic acids is 1. The summed E-state index contributed by atoms with van der Waals surface area (Å²) >= 11 is 0. The Morgan fingerprint density at radius 3 is 2.52 bits per heavy atom. The molecule has 0 aliphatic carbocycles. The van der Waals surface area contributed by atoms with E-state index in [2.05, 4.69) is 0 Å². The third-order valence-electron chi connectivity index (χ3n) is 4.28. The Morgan fingerprint density at radius 2 is 1.87 bits per heavy atom. The van der Waals surface area contributed by atoms with Crippen LogP contribution >= 0.6 is 12.4 Å². The second kappa shape index (κ2) is 7.11. The molecule has 1 aliphatic heterocycles. The molecule has 0 unspecified atom stereocenters. The highest BCUT2D eigenvalue weighted by Gasteiger charge is 2.34. The van der Waals surface area contributed by atoms with Gasteiger partial charge in [-0.1, -0.05) is 30.3 Å². The van der Waals surface area contributed by atoms with Gasteiger partial charge in [-0.2, -0.15) is 0 Å². The number of carbonyl (C=O) groups is 1. The van der Waals surface area contributed by atoms with Crippen molar-refractivity contribution in [3.8, 4) is 0 Å². The number of hydrogen-bond donors (Lipinski definition) is 1. The summed E-state index contributed by atoms with van der Waals surface area (Å²) in [5, 5.41) is 0. The fourth-order valence-corrected chi connectivity index (χ4v) is 3.01. The van der Waals surface area contributed by atoms with Crippen molar-refractivity contribution in [1.82, 2.24) is 4.90 Å². The molecular formula is C18H20ClFN2O. The number of likely N-dealkylation sites (tertiary alicyclic amines) is 1. The Balaban J connectivity index is 0.00000192. The van der Waals surface area contributed by atoms with Gasteiger partial charge < -0.3 is 10.6 Å². The van der Waals surface area contributed by atoms with Gasteiger partial charge >= 0.3 is 0 Å². The SMILES string of the molecule is Cc1cc(C(=O)N2C[C@@H](N)[C@H](c3ccccc3)C2)ccc1F.Cl. The lowest BCUT2D eigenvalue weighted by Crippen LogP contribution is -2.32. The molecule has 2 atom stereocenters. The highest BCUT2D eigenvalue weighted by Crippen LogP contribution is 2.27. The third kappa shape index (κ3) is 3.54. The fourth-order valence-electron chi connectivity index (χ4n) is 3.01. The van der Waals surface area contributed by atoms with E-state index in [1.54, 1.807) is 17.9 Å². The van der Waals surface area contributed by atoms with E-state index >= 15 is 0 Å². The zero-order valence-corrected chi connectivity index (χ0v) is 13.7. The molecule has 1 heterocycles. The zero-order valence-electron chi connectivity index (χ0n) is 12.9. The quantitative estimate of drug-likeness (QED) is 0.917. The van der Waals surface area contributed by atoms with Crippen molar-refractivity contribution in [2.75, 3.05) is 13.1 Å². The van der Waals surface area contributed by atoms with Gasteiger partial charge in [0.25, 0.3) is 5.91 Å². The van der Waals surface area contributed by atoms with Crippen LogP contribution in [0.3, 0.4) is 0 Å². The van der Waals surface area contributed by atoms with Crippen LogP contribution in [0.2, 0.25) is 0 Å². The van der Waals surface area contributed by atoms with E-state index in [-0.39, 0.29) is 36.1 Å². The number of rotatable bonds is 2. The van der Waals surface area contributed by atoms with Crippen molar-refractivity contribution >= 4 is 18.3 Å². The molecule has 3 rings (SSSR count). The van der Waals surface area contributed by atoms with Crippen LogP contribution in [0.1, 0.15) is 27.4 Å². The largest absolute Gasteiger partial charge is 0.336 e. The van der Waals surface area contributed by atoms with Crippen LogP contribution in [0.15, 0.2) is 48.5 Å². The summed E-state index contributed by atoms with van der Waals surface area (Å²) in [6, 6.07) is 14.4. The topological polar surface area (TPSA) is 46.3 Å². The molecule has 0 bridgehead atoms. The number of aryl methyl sites for hydroxylation is 1. The first-order valence-electron chi connectivity index (χ1n) is 7.42. The molecule has 122 valence electrons. The predicted molar refractivity (Wildman–Crippen MR) is 91.4 cm³/mol. The maximum Gasteiger partial charge on any atom is 0.253 e. The number of hydrogen-bond acceptors (Lipinski definition) is 2. The highest BCUT2D eigenvalue weighted by atomic mass is 35.5. The van der Waals surface area contributed by atoms with Gasteiger partial charge in [0.1, 0.15) is 5.82 Å². The molecule has 3 nitrogen and oxygen atoms in total. The Morgan fingerprint density at radius 1 is 1.17 bits per heavy atom. The van der Waals surface area contributed by atoms with Gasteiger partial charge in [0.2, 0.25) is 0 Å². The summed E-state index contributed by atoms with van der Waals surface area (Å²) in [5.41, 5.74) is 8.36. The summed E-state index contributed by atoms with van der Waals surface area (Å²) in [7, 11) is 0. The molecule has 0 saturated carbocycles. The standard InChI is InChI=1S/C18H19FN2O.ClH/c1-12-9-14(7-8-16(12)19)18(22)21-10-15(17(20)11-21)13-5-3-2-4-6-13;/h2-9,15,17H,10-11,20H2,1H3;1H/t15-,17+;/m0./s1. The second-order valence-electron chi connectivity index (χ2n) is 5.86. The molecule has 1 fully saturated rings. The Hall–Kier alpha value is -1.91. The fraction of sp³-hybridized carbons (Fsp3) is 0.278. The molecule has 23 heavy (non-hydrogen) atoms. The first kappa shape index (κ1) is 17.4. The molecule has 0 spiro atoms. The minimum absolute atomic E-state index is 0. The lowest BCUT2D eigenvalue weighted by Gasteiger charge is -2.17. The van der Waals surface area contributed by atoms with Crippen LogP contribution < -0.4 is 5.73 Å². The van der Waals surface area contributed by atoms with Crippen molar-refractivity contribution in [1.29, 1.82) is 0 Å². The normalized spacial score (nSPS) is 20.2. The molecule has 5 heteroatoms. The maximum absolute atomic E-state index is 13.3. The Bertz CT molecular complexity index is 693. The Kier molecular flexibility index (Phi) is 5.39. The van der Waals surface area contributed by atoms with Crippen LogP contribution in [0.5, 0.6) is 0 Å². The first-order valence-corrected chi connectivity index (χ1v) is 7.42. The molecular weight excluding hydrogens is 315 g/mol. The van der Waals surface area contributed by atoms with Crippen LogP contribution in [-0.2, 0) is 0 Å². The number of nitrogens with two attached hydrogens (primary N) is 1. The summed E-state index contributed by atoms with van der Waals surface area (Å²) in [6.07, 6.45) is 0. The van der Waals surface area contributed by atoms with E-state index in [4.69, 9.17) is 5.73 Å². The van der Waals surface area contributed by atoms with E-state index in [0.29, 0.717) is 24.2 Å². The van der Waals surface area contributed by atoms with Gasteiger partial charge in [0.05, 0.1) is 0 Å². The van der Waals surface area contributed by atoms with E-state index < -0.39 is 0 Å². The smallest absolute Gasteiger partial charge is 0.253 e. The van der Waals surface area contributed by atoms with Crippen molar-refractivity contribution in [2.45, 2.75) is 18.9 Å². The summed E-state index contributed by atoms with van der Waals surface area (Å²) in [4.78, 5) is 14.3. The maximum atomic E-state index is 13.3. The molecule has 0 radical (unpaired) electrons. The van der Waals surface area contributed by atoms with Crippen molar-refractivity contribution in [3.63, 3.8) is 0 Å². The van der Waals surface area contributed by atoms with Gasteiger partial charge in [-0.05, 0) is 36.2 Å². The van der Waals surface area contributed by atoms with Crippen molar-refractivity contribution in [3.05, 3.63) is 71.0 Å². The molecule has 1 amide bonds. The van der Waals surface area contributed by atoms with E-state index in [9.17, 15) is 9.18 Å². The first-order chi connectivity index (χ1) is 10.6. The van der Waals surface area contributed by atoms with Crippen molar-refractivity contribution < 1.29 is 9.18 Å². The highest BCUT2D eigenvalue weighted by molar-refractivity contribution is 5.94. The lowest BCUT2D eigenvalue weighted by atomic mass is 9.95. The minimum Gasteiger partial charge on any atom is -0.336 e. The van der Waals surface area contributed by atoms with Gasteiger partial charge in [-0.25, -0.2) is 4.39 Å². The summed E-state index contributed by atoms with van der Waals surface area (Å²) in [6.45, 7) is 2.78. The third-order valence-corrected chi connectivity index (χ3v) is 4.28. The predicted octanol–water partition coefficient (Wildman–Crippen LogP) is 3.12. The number of amides is 1. The summed E-state index contributed by atoms with van der Waals surface area (Å²) in [5.74, 6) is -0.236. The van der Waals surface area contributed by atoms with Crippen LogP contribution in [0.4, 0.5) is 4.39 Å². The van der Waals surface area contributed by atoms with E-state index in [1.165, 1.54) is 12.1 Å². The van der Waals surface area contributed by atoms with Gasteiger partial charge in [0.15, 0.2) is 0 Å². The summed E-state index contributed by atoms with van der Waals surface area (Å²) < 4.78 is 13.3. The van der Waals surface area contributed by atoms with E-state index in [0.717, 1.165) is 5.56 Å². The van der Waals surface area contributed by atoms with E-state index in [1.807, 2.05) is 30.3 Å². The average Bonchev–Trinajstić information content (AvgIpc) is 2.92. The number of nitrogens with zero attached hydrogens (tertiary/aromatic N) is 1. The van der Waals surface area contributed by atoms with Gasteiger partial charge in [-0.15, -0.1) is 12.4 Å². The second-order valence-corrected chi connectivity index (χ2v) is 5.86. The van der Waals surface area contributed by atoms with Gasteiger partial charge in [-0.3, -0.25) is 4.79 Å². The van der Waals surface area contributed by atoms with Crippen LogP contribution in [0.25, 0.3) is 0 Å². The van der Waals surface area contributed by atoms with Crippen LogP contribution in [0, 0.1) is 12.7 Å². The lowest BCUT2D eigenvalue weighted by molar-refractivity contribution is 0.0789. The Labute approximate surface area is 141 Å². The zero-order chi connectivity index (χ0) is 15.7. The molecule has 1 saturated heterocycles. The number of halogens is 2. The van der Waals surface area contributed by atoms with Gasteiger partial charge in [0, 0.05) is 30.6 Å². The molecule has 2 aromatic rings. The molecule has 2 aromatic carbocycles. The minimum atomic E-state index is -0.295. The molecule has 1 aliphatic rings. The van der Waals surface area contributed by atoms with Crippen LogP contribution in [-0.4, -0.2) is 29.9 Å². The monoisotopic (exact) mass is 334 g/mol. The van der Waals surface area contributed by atoms with Crippen molar-refractivity contribution in [2.24, 2.45) is 5.73 Å². The average molecular weight is 335 g/mol. The number of benzene rings is 2.